The van der Waals surface area contributed by atoms with Crippen molar-refractivity contribution >= 4 is 17.9 Å². The zero-order chi connectivity index (χ0) is 21.0. The van der Waals surface area contributed by atoms with E-state index in [2.05, 4.69) is 6.58 Å². The molecule has 0 radical (unpaired) electrons. The van der Waals surface area contributed by atoms with E-state index in [4.69, 9.17) is 0 Å². The number of nitrogens with zero attached hydrogens (tertiary/aromatic N) is 1. The molecular weight excluding hydrogens is 350 g/mol. The quantitative estimate of drug-likeness (QED) is 0.238. The Balaban J connectivity index is 5.39. The first kappa shape index (κ1) is 25.1. The molecule has 0 aliphatic heterocycles. The molecule has 0 heterocycles. The topological polar surface area (TPSA) is 115 Å². The zero-order valence-electron chi connectivity index (χ0n) is 16.9. The normalized spacial score (nSPS) is 16.7. The fourth-order valence-electron chi connectivity index (χ4n) is 3.56. The highest BCUT2D eigenvalue weighted by Crippen LogP contribution is 2.21. The van der Waals surface area contributed by atoms with Crippen LogP contribution in [0.15, 0.2) is 12.7 Å². The Labute approximate surface area is 162 Å². The Morgan fingerprint density at radius 3 is 1.74 bits per heavy atom. The van der Waals surface area contributed by atoms with Crippen molar-refractivity contribution < 1.29 is 34.2 Å². The van der Waals surface area contributed by atoms with E-state index in [0.717, 1.165) is 32.1 Å². The second-order valence-electron chi connectivity index (χ2n) is 7.80. The summed E-state index contributed by atoms with van der Waals surface area (Å²) in [5.41, 5.74) is 0. The van der Waals surface area contributed by atoms with Crippen molar-refractivity contribution in [2.24, 2.45) is 17.8 Å². The van der Waals surface area contributed by atoms with Gasteiger partial charge in [0.15, 0.2) is 0 Å². The van der Waals surface area contributed by atoms with Crippen LogP contribution >= 0.6 is 0 Å². The van der Waals surface area contributed by atoms with Gasteiger partial charge in [-0.1, -0.05) is 19.4 Å². The van der Waals surface area contributed by atoms with Crippen molar-refractivity contribution in [2.45, 2.75) is 52.9 Å². The van der Waals surface area contributed by atoms with E-state index in [1.807, 2.05) is 6.08 Å². The Morgan fingerprint density at radius 2 is 1.33 bits per heavy atom. The van der Waals surface area contributed by atoms with Gasteiger partial charge < -0.3 is 24.6 Å². The van der Waals surface area contributed by atoms with Crippen LogP contribution in [0, 0.1) is 17.8 Å². The van der Waals surface area contributed by atoms with Crippen LogP contribution in [0.4, 0.5) is 0 Å². The number of carboxylic acid groups (broad SMARTS) is 3. The van der Waals surface area contributed by atoms with E-state index in [9.17, 15) is 29.7 Å². The van der Waals surface area contributed by atoms with Crippen LogP contribution in [-0.2, 0) is 14.4 Å². The molecule has 3 atom stereocenters. The molecule has 0 saturated carbocycles. The molecule has 0 fully saturated rings. The van der Waals surface area contributed by atoms with Gasteiger partial charge >= 0.3 is 11.9 Å². The molecule has 0 aromatic rings. The molecular formula is C20H35NO6. The standard InChI is InChI=1S/C20H35NO6/c1-5-6-7-8-9-10-11-21(12-15(2)18(22)23,13-16(3)19(24)25)14-17(4)20(26)27/h5,15-17H,1,6-14H2,2-4H3,(H2-,22,23,24,25,26,27). The van der Waals surface area contributed by atoms with E-state index in [1.54, 1.807) is 13.8 Å². The predicted octanol–water partition coefficient (Wildman–Crippen LogP) is 1.77. The summed E-state index contributed by atoms with van der Waals surface area (Å²) in [6.07, 6.45) is 6.55. The first-order valence-corrected chi connectivity index (χ1v) is 9.67. The molecule has 0 aromatic carbocycles. The highest BCUT2D eigenvalue weighted by molar-refractivity contribution is 5.70. The minimum absolute atomic E-state index is 0.164. The lowest BCUT2D eigenvalue weighted by atomic mass is 10.0. The number of allylic oxidation sites excluding steroid dienone is 1. The summed E-state index contributed by atoms with van der Waals surface area (Å²) >= 11 is 0. The third-order valence-corrected chi connectivity index (χ3v) is 5.02. The van der Waals surface area contributed by atoms with Gasteiger partial charge in [0, 0.05) is 11.9 Å². The summed E-state index contributed by atoms with van der Waals surface area (Å²) in [6, 6.07) is 0. The van der Waals surface area contributed by atoms with Crippen molar-refractivity contribution in [1.82, 2.24) is 0 Å². The lowest BCUT2D eigenvalue weighted by molar-refractivity contribution is -0.934. The number of unbranched alkanes of at least 4 members (excludes halogenated alkanes) is 4. The maximum atomic E-state index is 11.4. The number of carboxylic acids is 3. The van der Waals surface area contributed by atoms with Gasteiger partial charge in [-0.2, -0.15) is 0 Å². The lowest BCUT2D eigenvalue weighted by Crippen LogP contribution is -2.58. The summed E-state index contributed by atoms with van der Waals surface area (Å²) in [4.78, 5) is 34.1. The van der Waals surface area contributed by atoms with Gasteiger partial charge in [-0.15, -0.1) is 6.58 Å². The highest BCUT2D eigenvalue weighted by Gasteiger charge is 2.36. The summed E-state index contributed by atoms with van der Waals surface area (Å²) in [7, 11) is 0. The molecule has 7 heteroatoms. The van der Waals surface area contributed by atoms with E-state index in [-0.39, 0.29) is 24.1 Å². The van der Waals surface area contributed by atoms with Gasteiger partial charge in [0.25, 0.3) is 0 Å². The molecule has 3 unspecified atom stereocenters. The van der Waals surface area contributed by atoms with E-state index < -0.39 is 35.7 Å². The molecule has 0 amide bonds. The van der Waals surface area contributed by atoms with Crippen LogP contribution in [-0.4, -0.2) is 58.8 Å². The predicted molar refractivity (Wildman–Crippen MR) is 101 cm³/mol. The average molecular weight is 386 g/mol. The third kappa shape index (κ3) is 10.1. The van der Waals surface area contributed by atoms with Crippen molar-refractivity contribution in [3.05, 3.63) is 12.7 Å². The molecule has 156 valence electrons. The van der Waals surface area contributed by atoms with Crippen LogP contribution in [0.25, 0.3) is 0 Å². The van der Waals surface area contributed by atoms with Crippen LogP contribution in [0.1, 0.15) is 52.9 Å². The summed E-state index contributed by atoms with van der Waals surface area (Å²) < 4.78 is 0.164. The number of aliphatic carboxylic acids is 3. The first-order valence-electron chi connectivity index (χ1n) is 9.67. The molecule has 7 nitrogen and oxygen atoms in total. The SMILES string of the molecule is C=CCCCCCC[N+](CC(C)C(=O)[O-])(CC(C)C(=O)O)CC(C)C(=O)O. The maximum Gasteiger partial charge on any atom is 0.311 e. The van der Waals surface area contributed by atoms with Crippen molar-refractivity contribution in [1.29, 1.82) is 0 Å². The van der Waals surface area contributed by atoms with Gasteiger partial charge in [0.1, 0.15) is 11.8 Å². The molecule has 0 aliphatic rings. The average Bonchev–Trinajstić information content (AvgIpc) is 2.57. The van der Waals surface area contributed by atoms with Crippen LogP contribution < -0.4 is 5.11 Å². The minimum atomic E-state index is -1.20. The Kier molecular flexibility index (Phi) is 11.6. The van der Waals surface area contributed by atoms with Crippen LogP contribution in [0.5, 0.6) is 0 Å². The third-order valence-electron chi connectivity index (χ3n) is 5.02. The first-order chi connectivity index (χ1) is 12.5. The Hall–Kier alpha value is -1.89. The van der Waals surface area contributed by atoms with Crippen LogP contribution in [0.3, 0.4) is 0 Å². The lowest BCUT2D eigenvalue weighted by Gasteiger charge is -2.43. The monoisotopic (exact) mass is 385 g/mol. The van der Waals surface area contributed by atoms with Crippen LogP contribution in [0.2, 0.25) is 0 Å². The van der Waals surface area contributed by atoms with Crippen molar-refractivity contribution in [3.8, 4) is 0 Å². The number of carbonyl (C=O) groups excluding carboxylic acids is 1. The maximum absolute atomic E-state index is 11.4. The van der Waals surface area contributed by atoms with Gasteiger partial charge in [-0.05, 0) is 39.5 Å². The highest BCUT2D eigenvalue weighted by atomic mass is 16.4. The molecule has 0 spiro atoms. The summed E-state index contributed by atoms with van der Waals surface area (Å²) in [5, 5.41) is 30.0. The smallest absolute Gasteiger partial charge is 0.311 e. The minimum Gasteiger partial charge on any atom is -0.550 e. The molecule has 0 aliphatic carbocycles. The fourth-order valence-corrected chi connectivity index (χ4v) is 3.56. The van der Waals surface area contributed by atoms with E-state index in [1.165, 1.54) is 6.92 Å². The van der Waals surface area contributed by atoms with Gasteiger partial charge in [-0.25, -0.2) is 0 Å². The fraction of sp³-hybridized carbons (Fsp3) is 0.750. The van der Waals surface area contributed by atoms with Gasteiger partial charge in [-0.3, -0.25) is 9.59 Å². The number of carbonyl (C=O) groups is 3. The molecule has 2 N–H and O–H groups in total. The summed E-state index contributed by atoms with van der Waals surface area (Å²) in [6.45, 7) is 9.51. The molecule has 0 bridgehead atoms. The molecule has 0 saturated heterocycles. The largest absolute Gasteiger partial charge is 0.550 e. The number of quaternary nitrogens is 1. The van der Waals surface area contributed by atoms with E-state index >= 15 is 0 Å². The molecule has 0 rings (SSSR count). The number of hydrogen-bond donors (Lipinski definition) is 2. The van der Waals surface area contributed by atoms with Gasteiger partial charge in [0.05, 0.1) is 26.2 Å². The Bertz CT molecular complexity index is 450. The zero-order valence-corrected chi connectivity index (χ0v) is 16.9. The molecule has 0 aromatic heterocycles. The van der Waals surface area contributed by atoms with Crippen molar-refractivity contribution in [2.75, 3.05) is 26.2 Å². The number of hydrogen-bond acceptors (Lipinski definition) is 4. The second-order valence-corrected chi connectivity index (χ2v) is 7.80. The molecule has 27 heavy (non-hydrogen) atoms. The second kappa shape index (κ2) is 12.5. The van der Waals surface area contributed by atoms with Gasteiger partial charge in [0.2, 0.25) is 0 Å². The Morgan fingerprint density at radius 1 is 0.889 bits per heavy atom. The van der Waals surface area contributed by atoms with E-state index in [0.29, 0.717) is 6.54 Å². The summed E-state index contributed by atoms with van der Waals surface area (Å²) in [5.74, 6) is -5.30. The number of rotatable bonds is 16. The van der Waals surface area contributed by atoms with Crippen molar-refractivity contribution in [3.63, 3.8) is 0 Å².